The van der Waals surface area contributed by atoms with Gasteiger partial charge in [-0.2, -0.15) is 0 Å². The molecule has 2 amide bonds. The molecule has 1 aromatic rings. The highest BCUT2D eigenvalue weighted by molar-refractivity contribution is 5.75. The van der Waals surface area contributed by atoms with Crippen molar-refractivity contribution in [1.82, 2.24) is 10.2 Å². The van der Waals surface area contributed by atoms with Gasteiger partial charge >= 0.3 is 6.03 Å². The van der Waals surface area contributed by atoms with E-state index in [4.69, 9.17) is 9.47 Å². The number of hydrogen-bond donors (Lipinski definition) is 1. The summed E-state index contributed by atoms with van der Waals surface area (Å²) < 4.78 is 10.9. The molecule has 5 nitrogen and oxygen atoms in total. The Bertz CT molecular complexity index is 596. The molecule has 2 aliphatic heterocycles. The molecule has 0 saturated carbocycles. The minimum absolute atomic E-state index is 0.0226. The number of hydrogen-bond acceptors (Lipinski definition) is 3. The summed E-state index contributed by atoms with van der Waals surface area (Å²) in [5.41, 5.74) is 2.46. The topological polar surface area (TPSA) is 50.8 Å². The van der Waals surface area contributed by atoms with E-state index in [0.29, 0.717) is 0 Å². The van der Waals surface area contributed by atoms with Gasteiger partial charge in [0, 0.05) is 31.9 Å². The summed E-state index contributed by atoms with van der Waals surface area (Å²) in [4.78, 5) is 14.6. The van der Waals surface area contributed by atoms with Crippen LogP contribution in [-0.4, -0.2) is 44.3 Å². The predicted octanol–water partition coefficient (Wildman–Crippen LogP) is 3.28. The lowest BCUT2D eigenvalue weighted by molar-refractivity contribution is 0.0208. The lowest BCUT2D eigenvalue weighted by Crippen LogP contribution is -2.42. The van der Waals surface area contributed by atoms with Crippen LogP contribution in [0.15, 0.2) is 18.2 Å². The monoisotopic (exact) mass is 332 g/mol. The summed E-state index contributed by atoms with van der Waals surface area (Å²) in [5, 5.41) is 3.14. The van der Waals surface area contributed by atoms with Gasteiger partial charge in [0.15, 0.2) is 0 Å². The second kappa shape index (κ2) is 7.01. The molecule has 0 bridgehead atoms. The first-order valence-electron chi connectivity index (χ1n) is 8.81. The third-order valence-corrected chi connectivity index (χ3v) is 5.47. The highest BCUT2D eigenvalue weighted by atomic mass is 16.5. The largest absolute Gasteiger partial charge is 0.496 e. The van der Waals surface area contributed by atoms with E-state index >= 15 is 0 Å². The van der Waals surface area contributed by atoms with Crippen molar-refractivity contribution in [2.45, 2.75) is 39.2 Å². The molecule has 2 fully saturated rings. The number of nitrogens with zero attached hydrogens (tertiary/aromatic N) is 1. The highest BCUT2D eigenvalue weighted by Crippen LogP contribution is 2.39. The summed E-state index contributed by atoms with van der Waals surface area (Å²) in [6.45, 7) is 7.39. The fourth-order valence-electron chi connectivity index (χ4n) is 3.87. The summed E-state index contributed by atoms with van der Waals surface area (Å²) in [7, 11) is 1.66. The first-order valence-corrected chi connectivity index (χ1v) is 8.81. The number of rotatable bonds is 3. The number of aryl methyl sites for hydroxylation is 1. The van der Waals surface area contributed by atoms with Gasteiger partial charge in [-0.05, 0) is 44.6 Å². The maximum atomic E-state index is 12.7. The minimum atomic E-state index is -0.0846. The van der Waals surface area contributed by atoms with Crippen molar-refractivity contribution in [2.75, 3.05) is 33.4 Å². The van der Waals surface area contributed by atoms with Crippen molar-refractivity contribution in [3.8, 4) is 5.75 Å². The van der Waals surface area contributed by atoms with E-state index in [1.807, 2.05) is 30.9 Å². The molecule has 0 aliphatic carbocycles. The first-order chi connectivity index (χ1) is 11.5. The van der Waals surface area contributed by atoms with Gasteiger partial charge in [-0.1, -0.05) is 17.7 Å². The predicted molar refractivity (Wildman–Crippen MR) is 93.4 cm³/mol. The maximum absolute atomic E-state index is 12.7. The first kappa shape index (κ1) is 17.1. The van der Waals surface area contributed by atoms with Crippen LogP contribution < -0.4 is 10.1 Å². The average Bonchev–Trinajstić information content (AvgIpc) is 2.99. The van der Waals surface area contributed by atoms with E-state index in [0.717, 1.165) is 62.4 Å². The van der Waals surface area contributed by atoms with Gasteiger partial charge in [0.1, 0.15) is 5.75 Å². The second-order valence-electron chi connectivity index (χ2n) is 7.20. The number of ether oxygens (including phenoxy) is 2. The average molecular weight is 332 g/mol. The second-order valence-corrected chi connectivity index (χ2v) is 7.20. The van der Waals surface area contributed by atoms with Crippen LogP contribution in [0.1, 0.15) is 43.4 Å². The Morgan fingerprint density at radius 2 is 2.08 bits per heavy atom. The van der Waals surface area contributed by atoms with Gasteiger partial charge in [-0.25, -0.2) is 4.79 Å². The van der Waals surface area contributed by atoms with Gasteiger partial charge in [-0.3, -0.25) is 0 Å². The van der Waals surface area contributed by atoms with E-state index in [1.165, 1.54) is 0 Å². The number of methoxy groups -OCH3 is 1. The lowest BCUT2D eigenvalue weighted by atomic mass is 9.80. The van der Waals surface area contributed by atoms with Crippen molar-refractivity contribution in [2.24, 2.45) is 5.41 Å². The van der Waals surface area contributed by atoms with Crippen LogP contribution in [0.5, 0.6) is 5.75 Å². The van der Waals surface area contributed by atoms with Crippen LogP contribution in [0.3, 0.4) is 0 Å². The van der Waals surface area contributed by atoms with Gasteiger partial charge in [0.2, 0.25) is 0 Å². The number of nitrogens with one attached hydrogen (secondary N) is 1. The van der Waals surface area contributed by atoms with Crippen molar-refractivity contribution < 1.29 is 14.3 Å². The summed E-state index contributed by atoms with van der Waals surface area (Å²) in [5.74, 6) is 0.815. The fraction of sp³-hybridized carbons (Fsp3) is 0.632. The van der Waals surface area contributed by atoms with Crippen LogP contribution in [0, 0.1) is 12.3 Å². The molecule has 1 atom stereocenters. The van der Waals surface area contributed by atoms with Crippen LogP contribution in [0.2, 0.25) is 0 Å². The Morgan fingerprint density at radius 1 is 1.33 bits per heavy atom. The third kappa shape index (κ3) is 3.51. The van der Waals surface area contributed by atoms with Gasteiger partial charge in [0.05, 0.1) is 13.2 Å². The Labute approximate surface area is 144 Å². The number of urea groups is 1. The van der Waals surface area contributed by atoms with Gasteiger partial charge in [-0.15, -0.1) is 0 Å². The molecule has 2 aliphatic rings. The molecular formula is C19H28N2O3. The minimum Gasteiger partial charge on any atom is -0.496 e. The van der Waals surface area contributed by atoms with Crippen molar-refractivity contribution in [1.29, 1.82) is 0 Å². The summed E-state index contributed by atoms with van der Waals surface area (Å²) in [6, 6.07) is 5.99. The van der Waals surface area contributed by atoms with E-state index in [1.54, 1.807) is 7.11 Å². The zero-order chi connectivity index (χ0) is 17.2. The van der Waals surface area contributed by atoms with Gasteiger partial charge < -0.3 is 19.7 Å². The standard InChI is InChI=1S/C19H28N2O3/c1-14-4-5-17(23-3)16(12-14)15(2)20-18(22)21-9-6-19(13-21)7-10-24-11-8-19/h4-5,12,15H,6-11,13H2,1-3H3,(H,20,22)/t15-/m1/s1. The Kier molecular flexibility index (Phi) is 4.99. The van der Waals surface area contributed by atoms with Crippen LogP contribution in [-0.2, 0) is 4.74 Å². The van der Waals surface area contributed by atoms with Crippen molar-refractivity contribution >= 4 is 6.03 Å². The Morgan fingerprint density at radius 3 is 2.79 bits per heavy atom. The molecule has 0 radical (unpaired) electrons. The maximum Gasteiger partial charge on any atom is 0.317 e. The molecule has 132 valence electrons. The van der Waals surface area contributed by atoms with Crippen molar-refractivity contribution in [3.63, 3.8) is 0 Å². The lowest BCUT2D eigenvalue weighted by Gasteiger charge is -2.33. The molecule has 0 aromatic heterocycles. The SMILES string of the molecule is COc1ccc(C)cc1[C@@H](C)NC(=O)N1CCC2(CCOCC2)C1. The Balaban J connectivity index is 1.64. The summed E-state index contributed by atoms with van der Waals surface area (Å²) in [6.07, 6.45) is 3.22. The normalized spacial score (nSPS) is 20.9. The molecule has 3 rings (SSSR count). The number of amides is 2. The van der Waals surface area contributed by atoms with Gasteiger partial charge in [0.25, 0.3) is 0 Å². The van der Waals surface area contributed by atoms with Crippen LogP contribution in [0.4, 0.5) is 4.79 Å². The van der Waals surface area contributed by atoms with E-state index < -0.39 is 0 Å². The van der Waals surface area contributed by atoms with Crippen molar-refractivity contribution in [3.05, 3.63) is 29.3 Å². The molecule has 1 N–H and O–H groups in total. The molecular weight excluding hydrogens is 304 g/mol. The van der Waals surface area contributed by atoms with E-state index in [-0.39, 0.29) is 17.5 Å². The zero-order valence-electron chi connectivity index (χ0n) is 14.9. The van der Waals surface area contributed by atoms with Crippen LogP contribution >= 0.6 is 0 Å². The fourth-order valence-corrected chi connectivity index (χ4v) is 3.87. The number of likely N-dealkylation sites (tertiary alicyclic amines) is 1. The molecule has 1 aromatic carbocycles. The number of carbonyl (C=O) groups excluding carboxylic acids is 1. The molecule has 2 heterocycles. The quantitative estimate of drug-likeness (QED) is 0.924. The highest BCUT2D eigenvalue weighted by Gasteiger charge is 2.41. The number of carbonyl (C=O) groups is 1. The molecule has 24 heavy (non-hydrogen) atoms. The molecule has 1 spiro atoms. The van der Waals surface area contributed by atoms with E-state index in [2.05, 4.69) is 11.4 Å². The molecule has 0 unspecified atom stereocenters. The zero-order valence-corrected chi connectivity index (χ0v) is 14.9. The van der Waals surface area contributed by atoms with Crippen LogP contribution in [0.25, 0.3) is 0 Å². The number of benzene rings is 1. The molecule has 5 heteroatoms. The molecule has 2 saturated heterocycles. The summed E-state index contributed by atoms with van der Waals surface area (Å²) >= 11 is 0. The van der Waals surface area contributed by atoms with E-state index in [9.17, 15) is 4.79 Å². The Hall–Kier alpha value is -1.75. The smallest absolute Gasteiger partial charge is 0.317 e. The third-order valence-electron chi connectivity index (χ3n) is 5.47.